The van der Waals surface area contributed by atoms with Crippen molar-refractivity contribution in [1.82, 2.24) is 15.1 Å². The maximum absolute atomic E-state index is 13.5. The molecule has 0 spiro atoms. The lowest BCUT2D eigenvalue weighted by Gasteiger charge is -2.21. The number of halogens is 6. The number of aliphatic hydroxyl groups excluding tert-OH is 1. The van der Waals surface area contributed by atoms with Gasteiger partial charge in [-0.1, -0.05) is 273 Å². The van der Waals surface area contributed by atoms with Crippen LogP contribution in [0, 0.1) is 46.8 Å². The highest BCUT2D eigenvalue weighted by Gasteiger charge is 2.38. The molecule has 6 amide bonds. The van der Waals surface area contributed by atoms with Gasteiger partial charge in [-0.3, -0.25) is 58.3 Å². The fourth-order valence-electron chi connectivity index (χ4n) is 15.2. The molecule has 0 aliphatic carbocycles. The third-order valence-electron chi connectivity index (χ3n) is 21.9. The molecule has 13 aromatic carbocycles. The van der Waals surface area contributed by atoms with Crippen molar-refractivity contribution in [2.24, 2.45) is 23.5 Å². The van der Waals surface area contributed by atoms with E-state index in [4.69, 9.17) is 31.5 Å². The minimum absolute atomic E-state index is 0.000520. The Hall–Kier alpha value is -15.2. The van der Waals surface area contributed by atoms with Gasteiger partial charge in [0.05, 0.1) is 68.8 Å². The number of nitrogens with two attached hydrogens (primary N) is 1. The predicted molar refractivity (Wildman–Crippen MR) is 522 cm³/mol. The Bertz CT molecular complexity index is 6210. The SMILES string of the molecule is CC(C)(C)OC(=O)C[C@@H](Cc1ccc(-c2ccccc2)cc1)C(=O)O.CC(C)(C)OC(=O)C[C@H](CO)Cc1ccc(-c2ccccc2)cc1.CC(C)Oc1ccc(C(=O)Oc2c(F)c(F)c(F)c(F)c2F)cc1Cl.C[C@@H](Cc1ccc(-c2ccccc2)cc1)CN1C(=O)c2ccccc2C1=O.N[C@@H](Cc1ccc(-c2ccccc2)cc1)CN1C(=O)c2ccccc2C1=O.O=C1NC(=O)c2ccccc21. The molecule has 0 saturated carbocycles. The van der Waals surface area contributed by atoms with Gasteiger partial charge in [-0.05, 0) is 214 Å². The maximum Gasteiger partial charge on any atom is 0.343 e. The van der Waals surface area contributed by atoms with Crippen molar-refractivity contribution in [2.75, 3.05) is 19.7 Å². The summed E-state index contributed by atoms with van der Waals surface area (Å²) in [7, 11) is 0. The van der Waals surface area contributed by atoms with Gasteiger partial charge < -0.3 is 34.9 Å². The summed E-state index contributed by atoms with van der Waals surface area (Å²) in [5.41, 5.74) is 21.3. The molecule has 0 aromatic heterocycles. The summed E-state index contributed by atoms with van der Waals surface area (Å²) in [6.45, 7) is 17.0. The minimum atomic E-state index is -2.35. The van der Waals surface area contributed by atoms with E-state index in [1.54, 1.807) is 107 Å². The first-order valence-electron chi connectivity index (χ1n) is 45.0. The minimum Gasteiger partial charge on any atom is -0.489 e. The van der Waals surface area contributed by atoms with Crippen LogP contribution in [0.15, 0.2) is 309 Å². The van der Waals surface area contributed by atoms with Crippen molar-refractivity contribution >= 4 is 70.9 Å². The van der Waals surface area contributed by atoms with Gasteiger partial charge >= 0.3 is 23.9 Å². The Labute approximate surface area is 808 Å². The molecule has 0 bridgehead atoms. The number of carboxylic acid groups (broad SMARTS) is 1. The zero-order chi connectivity index (χ0) is 100. The molecule has 0 fully saturated rings. The number of carbonyl (C=O) groups is 10. The van der Waals surface area contributed by atoms with E-state index in [1.807, 2.05) is 142 Å². The van der Waals surface area contributed by atoms with Crippen LogP contribution in [0.2, 0.25) is 5.02 Å². The van der Waals surface area contributed by atoms with Crippen molar-refractivity contribution in [3.8, 4) is 56.0 Å². The molecule has 20 nitrogen and oxygen atoms in total. The molecule has 716 valence electrons. The zero-order valence-corrected chi connectivity index (χ0v) is 78.8. The Morgan fingerprint density at radius 2 is 0.712 bits per heavy atom. The highest BCUT2D eigenvalue weighted by Crippen LogP contribution is 2.35. The van der Waals surface area contributed by atoms with E-state index in [0.717, 1.165) is 57.5 Å². The van der Waals surface area contributed by atoms with Crippen LogP contribution < -0.4 is 20.5 Å². The first kappa shape index (κ1) is 104. The van der Waals surface area contributed by atoms with Crippen LogP contribution >= 0.6 is 11.6 Å². The molecule has 3 heterocycles. The van der Waals surface area contributed by atoms with Crippen LogP contribution in [0.25, 0.3) is 44.5 Å². The van der Waals surface area contributed by atoms with Gasteiger partial charge in [-0.25, -0.2) is 18.0 Å². The van der Waals surface area contributed by atoms with Crippen molar-refractivity contribution in [1.29, 1.82) is 0 Å². The number of carboxylic acids is 1. The Kier molecular flexibility index (Phi) is 36.4. The molecule has 16 rings (SSSR count). The smallest absolute Gasteiger partial charge is 0.343 e. The van der Waals surface area contributed by atoms with E-state index in [9.17, 15) is 80.1 Å². The van der Waals surface area contributed by atoms with Crippen molar-refractivity contribution in [2.45, 2.75) is 124 Å². The Balaban J connectivity index is 0.000000162. The van der Waals surface area contributed by atoms with E-state index in [1.165, 1.54) is 43.7 Å². The van der Waals surface area contributed by atoms with Crippen LogP contribution in [-0.4, -0.2) is 122 Å². The van der Waals surface area contributed by atoms with Crippen LogP contribution in [0.1, 0.15) is 170 Å². The van der Waals surface area contributed by atoms with Gasteiger partial charge in [0.15, 0.2) is 0 Å². The lowest BCUT2D eigenvalue weighted by molar-refractivity contribution is -0.159. The van der Waals surface area contributed by atoms with Gasteiger partial charge in [0.1, 0.15) is 17.0 Å². The molecule has 5 N–H and O–H groups in total. The van der Waals surface area contributed by atoms with Gasteiger partial charge in [0.2, 0.25) is 34.8 Å². The second kappa shape index (κ2) is 48.5. The number of hydrogen-bond acceptors (Lipinski definition) is 16. The summed E-state index contributed by atoms with van der Waals surface area (Å²) < 4.78 is 86.4. The van der Waals surface area contributed by atoms with Crippen LogP contribution in [0.4, 0.5) is 22.0 Å². The molecule has 0 unspecified atom stereocenters. The lowest BCUT2D eigenvalue weighted by Crippen LogP contribution is -2.41. The molecule has 4 atom stereocenters. The van der Waals surface area contributed by atoms with E-state index < -0.39 is 69.9 Å². The molecule has 26 heteroatoms. The summed E-state index contributed by atoms with van der Waals surface area (Å²) >= 11 is 5.90. The van der Waals surface area contributed by atoms with Crippen LogP contribution in [0.3, 0.4) is 0 Å². The molecule has 139 heavy (non-hydrogen) atoms. The number of imide groups is 3. The highest BCUT2D eigenvalue weighted by molar-refractivity contribution is 6.32. The summed E-state index contributed by atoms with van der Waals surface area (Å²) in [5, 5.41) is 21.2. The quantitative estimate of drug-likeness (QED) is 0.00978. The van der Waals surface area contributed by atoms with Gasteiger partial charge in [0.25, 0.3) is 35.4 Å². The van der Waals surface area contributed by atoms with Crippen LogP contribution in [0.5, 0.6) is 11.5 Å². The summed E-state index contributed by atoms with van der Waals surface area (Å²) in [6.07, 6.45) is 2.27. The Morgan fingerprint density at radius 3 is 1.06 bits per heavy atom. The second-order valence-corrected chi connectivity index (χ2v) is 36.0. The van der Waals surface area contributed by atoms with Crippen molar-refractivity contribution in [3.05, 3.63) is 405 Å². The molecular formula is C113H106ClF5N4O16. The van der Waals surface area contributed by atoms with E-state index in [2.05, 4.69) is 114 Å². The number of nitrogens with zero attached hydrogens (tertiary/aromatic N) is 2. The largest absolute Gasteiger partial charge is 0.489 e. The third kappa shape index (κ3) is 29.4. The number of rotatable bonds is 26. The van der Waals surface area contributed by atoms with E-state index in [-0.39, 0.29) is 108 Å². The maximum atomic E-state index is 13.5. The number of amides is 6. The number of ether oxygens (including phenoxy) is 4. The summed E-state index contributed by atoms with van der Waals surface area (Å²) in [4.78, 5) is 122. The number of fused-ring (bicyclic) bond motifs is 3. The number of carbonyl (C=O) groups excluding carboxylic acids is 9. The number of nitrogens with one attached hydrogen (secondary N) is 1. The molecular weight excluding hydrogens is 1800 g/mol. The topological polar surface area (TPSA) is 293 Å². The van der Waals surface area contributed by atoms with Gasteiger partial charge in [0, 0.05) is 25.7 Å². The second-order valence-electron chi connectivity index (χ2n) is 35.6. The lowest BCUT2D eigenvalue weighted by atomic mass is 9.94. The predicted octanol–water partition coefficient (Wildman–Crippen LogP) is 22.5. The van der Waals surface area contributed by atoms with E-state index in [0.29, 0.717) is 59.2 Å². The number of hydrogen-bond donors (Lipinski definition) is 4. The molecule has 0 saturated heterocycles. The molecule has 3 aliphatic rings. The fourth-order valence-corrected chi connectivity index (χ4v) is 15.5. The van der Waals surface area contributed by atoms with Crippen molar-refractivity contribution in [3.63, 3.8) is 0 Å². The normalized spacial score (nSPS) is 13.1. The summed E-state index contributed by atoms with van der Waals surface area (Å²) in [6, 6.07) is 97.3. The number of aliphatic carboxylic acids is 1. The Morgan fingerprint density at radius 1 is 0.396 bits per heavy atom. The van der Waals surface area contributed by atoms with Crippen molar-refractivity contribution < 1.29 is 99.1 Å². The number of benzene rings is 13. The van der Waals surface area contributed by atoms with E-state index >= 15 is 0 Å². The fraction of sp³-hybridized carbons (Fsp3) is 0.221. The first-order valence-corrected chi connectivity index (χ1v) is 45.3. The number of esters is 3. The summed E-state index contributed by atoms with van der Waals surface area (Å²) in [5.74, 6) is -18.1. The first-order chi connectivity index (χ1) is 66.3. The van der Waals surface area contributed by atoms with Gasteiger partial charge in [-0.15, -0.1) is 0 Å². The van der Waals surface area contributed by atoms with Gasteiger partial charge in [-0.2, -0.15) is 8.78 Å². The number of aliphatic hydroxyl groups is 1. The van der Waals surface area contributed by atoms with Crippen LogP contribution in [-0.2, 0) is 49.5 Å². The molecule has 13 aromatic rings. The average molecular weight is 1910 g/mol. The molecule has 3 aliphatic heterocycles. The monoisotopic (exact) mass is 1900 g/mol. The third-order valence-corrected chi connectivity index (χ3v) is 22.1. The zero-order valence-electron chi connectivity index (χ0n) is 78.0. The average Bonchev–Trinajstić information content (AvgIpc) is 1.42. The highest BCUT2D eigenvalue weighted by atomic mass is 35.5. The molecule has 0 radical (unpaired) electrons. The standard InChI is InChI=1S/C24H21NO2.C23H20N2O2.C21H24O4.C21H26O3.C16H10ClF5O3.C8H5NO2/c1-17(16-25-23(26)21-9-5-6-10-22(21)24(25)27)15-18-11-13-20(14-12-18)19-7-3-2-4-8-19;24-19(15-25-22(26)20-8-4-5-9-21(20)23(25)27)14-16-10-12-18(13-11-16)17-6-2-1-3-7-17;1-21(2,3)25-19(22)14-18(20(23)24)13-15-9-11-17(12-10-15)16-7-5-4-6-8-16;1-21(2,3)24-20(23)14-17(15-22)13-16-9-11-19(12-10-16)18-7-5-4-6-8-18;1-6(2)24-9-4-3-7(5-8(9)17)16(23)25-15-13(21)11(19)10(18)12(20)14(15)22;10-7-5-3-1-2-4-6(5)8(11)9-7/h2-14,17H,15-16H2,1H3;1-13,19H,14-15,24H2;4-12,18H,13-14H2,1-3H3,(H,23,24);4-12,17,22H,13-15H2,1-3H3;3-6H,1-2H3;1-4H,(H,9,10,11)/t17-;19-;18-;17-;;/m0011../s1.